The minimum Gasteiger partial charge on any atom is -0.757 e. The van der Waals surface area contributed by atoms with Crippen LogP contribution >= 0.6 is 0 Å². The third-order valence-corrected chi connectivity index (χ3v) is 0. The fraction of sp³-hybridized carbons (Fsp3) is 0. The van der Waals surface area contributed by atoms with Gasteiger partial charge in [-0.05, 0) is 5.87 Å². The van der Waals surface area contributed by atoms with Gasteiger partial charge in [-0.3, -0.25) is 4.21 Å². The van der Waals surface area contributed by atoms with Crippen LogP contribution in [0.5, 0.6) is 0 Å². The van der Waals surface area contributed by atoms with Crippen LogP contribution in [0.15, 0.2) is 0 Å². The van der Waals surface area contributed by atoms with E-state index < -0.39 is 10.1 Å². The maximum absolute atomic E-state index is 9.08. The lowest BCUT2D eigenvalue weighted by atomic mass is 12.0. The summed E-state index contributed by atoms with van der Waals surface area (Å²) in [5.41, 5.74) is 0. The molecule has 0 aromatic heterocycles. The predicted octanol–water partition coefficient (Wildman–Crippen LogP) is -0.694. The van der Waals surface area contributed by atoms with Gasteiger partial charge in [-0.25, -0.2) is 0 Å². The van der Waals surface area contributed by atoms with Gasteiger partial charge in [0.1, 0.15) is 0 Å². The smallest absolute Gasteiger partial charge is 0.0124 e. The summed E-state index contributed by atoms with van der Waals surface area (Å²) in [6, 6.07) is 0. The first kappa shape index (κ1) is 4.94. The normalized spacial score (nSPS) is 21.2. The molecular formula is CH3O3S-. The second-order valence-corrected chi connectivity index (χ2v) is 1.75. The fourth-order valence-electron chi connectivity index (χ4n) is 0. The van der Waals surface area contributed by atoms with Gasteiger partial charge in [-0.2, -0.15) is 0 Å². The van der Waals surface area contributed by atoms with Gasteiger partial charge in [0, 0.05) is 10.1 Å². The standard InChI is InChI=1S/CH4O3S/c1-5(2,3)4/h1H2,(H2,2,3,4)/p-1. The van der Waals surface area contributed by atoms with Gasteiger partial charge in [-0.15, -0.1) is 0 Å². The number of hydrogen-bond donors (Lipinski definition) is 1. The zero-order valence-electron chi connectivity index (χ0n) is 2.38. The molecule has 0 spiro atoms. The fourth-order valence-corrected chi connectivity index (χ4v) is 0. The van der Waals surface area contributed by atoms with Crippen LogP contribution in [0.4, 0.5) is 0 Å². The van der Waals surface area contributed by atoms with Crippen LogP contribution in [0.1, 0.15) is 0 Å². The van der Waals surface area contributed by atoms with Crippen LogP contribution in [-0.4, -0.2) is 19.2 Å². The predicted molar refractivity (Wildman–Crippen MR) is 18.7 cm³/mol. The number of rotatable bonds is 0. The first-order valence-electron chi connectivity index (χ1n) is 0.805. The maximum atomic E-state index is 9.08. The van der Waals surface area contributed by atoms with Crippen molar-refractivity contribution in [2.75, 3.05) is 0 Å². The van der Waals surface area contributed by atoms with Crippen LogP contribution in [-0.2, 0) is 10.1 Å². The van der Waals surface area contributed by atoms with E-state index in [2.05, 4.69) is 5.87 Å². The summed E-state index contributed by atoms with van der Waals surface area (Å²) >= 11 is 0. The Balaban J connectivity index is 4.06. The second-order valence-electron chi connectivity index (χ2n) is 0.582. The van der Waals surface area contributed by atoms with Gasteiger partial charge in [-0.1, -0.05) is 0 Å². The Morgan fingerprint density at radius 3 is 2.00 bits per heavy atom. The Morgan fingerprint density at radius 2 is 2.00 bits per heavy atom. The topological polar surface area (TPSA) is 60.4 Å². The molecule has 0 radical (unpaired) electrons. The lowest BCUT2D eigenvalue weighted by molar-refractivity contribution is 0.430. The van der Waals surface area contributed by atoms with E-state index in [0.717, 1.165) is 0 Å². The van der Waals surface area contributed by atoms with Crippen molar-refractivity contribution in [1.29, 1.82) is 0 Å². The molecule has 0 aliphatic rings. The molecule has 1 unspecified atom stereocenters. The van der Waals surface area contributed by atoms with Crippen molar-refractivity contribution < 1.29 is 13.3 Å². The molecule has 1 atom stereocenters. The molecule has 5 heavy (non-hydrogen) atoms. The summed E-state index contributed by atoms with van der Waals surface area (Å²) in [4.78, 5) is 0. The molecule has 0 aliphatic carbocycles. The minimum absolute atomic E-state index is 2.30. The van der Waals surface area contributed by atoms with Crippen LogP contribution in [0, 0.1) is 0 Å². The van der Waals surface area contributed by atoms with Crippen molar-refractivity contribution in [3.8, 4) is 0 Å². The van der Waals surface area contributed by atoms with Gasteiger partial charge >= 0.3 is 0 Å². The van der Waals surface area contributed by atoms with Crippen LogP contribution in [0.2, 0.25) is 0 Å². The molecule has 0 heterocycles. The second kappa shape index (κ2) is 0.965. The Kier molecular flexibility index (Phi) is 0.954. The number of hydrogen-bond acceptors (Lipinski definition) is 2. The summed E-state index contributed by atoms with van der Waals surface area (Å²) in [5.74, 6) is 2.30. The molecule has 0 rings (SSSR count). The average molecular weight is 95.1 g/mol. The zero-order chi connectivity index (χ0) is 4.50. The molecule has 0 aliphatic heterocycles. The minimum atomic E-state index is -3.92. The largest absolute Gasteiger partial charge is 0.757 e. The molecular weight excluding hydrogens is 92.1 g/mol. The van der Waals surface area contributed by atoms with Crippen molar-refractivity contribution in [2.45, 2.75) is 0 Å². The molecule has 0 aromatic rings. The van der Waals surface area contributed by atoms with E-state index in [0.29, 0.717) is 0 Å². The summed E-state index contributed by atoms with van der Waals surface area (Å²) < 4.78 is 25.5. The first-order valence-corrected chi connectivity index (χ1v) is 2.41. The van der Waals surface area contributed by atoms with Gasteiger partial charge in [0.2, 0.25) is 0 Å². The zero-order valence-corrected chi connectivity index (χ0v) is 3.20. The van der Waals surface area contributed by atoms with Crippen molar-refractivity contribution >= 4 is 16.0 Å². The Labute approximate surface area is 30.3 Å². The van der Waals surface area contributed by atoms with E-state index in [9.17, 15) is 0 Å². The highest BCUT2D eigenvalue weighted by Gasteiger charge is 1.56. The molecule has 0 bridgehead atoms. The van der Waals surface area contributed by atoms with Crippen molar-refractivity contribution in [2.24, 2.45) is 0 Å². The highest BCUT2D eigenvalue weighted by atomic mass is 32.2. The molecule has 0 fully saturated rings. The van der Waals surface area contributed by atoms with E-state index in [1.807, 2.05) is 0 Å². The quantitative estimate of drug-likeness (QED) is 0.405. The summed E-state index contributed by atoms with van der Waals surface area (Å²) in [6.07, 6.45) is 0. The monoisotopic (exact) mass is 95.0 g/mol. The molecule has 0 aromatic carbocycles. The Hall–Kier alpha value is -0.0600. The summed E-state index contributed by atoms with van der Waals surface area (Å²) in [5, 5.41) is 0. The van der Waals surface area contributed by atoms with E-state index in [-0.39, 0.29) is 0 Å². The average Bonchev–Trinajstić information content (AvgIpc) is 0.722. The van der Waals surface area contributed by atoms with Crippen LogP contribution in [0.3, 0.4) is 0 Å². The molecule has 1 N–H and O–H groups in total. The van der Waals surface area contributed by atoms with Gasteiger partial charge in [0.25, 0.3) is 0 Å². The highest BCUT2D eigenvalue weighted by Crippen LogP contribution is 1.58. The van der Waals surface area contributed by atoms with E-state index in [1.165, 1.54) is 0 Å². The molecule has 0 saturated heterocycles. The molecule has 0 saturated carbocycles. The molecule has 0 amide bonds. The van der Waals surface area contributed by atoms with Crippen molar-refractivity contribution in [1.82, 2.24) is 0 Å². The Morgan fingerprint density at radius 1 is 2.00 bits per heavy atom. The van der Waals surface area contributed by atoms with Crippen molar-refractivity contribution in [3.63, 3.8) is 0 Å². The van der Waals surface area contributed by atoms with E-state index in [4.69, 9.17) is 13.3 Å². The third kappa shape index (κ3) is 4120. The van der Waals surface area contributed by atoms with Crippen LogP contribution < -0.4 is 0 Å². The highest BCUT2D eigenvalue weighted by molar-refractivity contribution is 7.89. The van der Waals surface area contributed by atoms with Crippen LogP contribution in [0.25, 0.3) is 0 Å². The molecule has 32 valence electrons. The van der Waals surface area contributed by atoms with E-state index in [1.54, 1.807) is 0 Å². The third-order valence-electron chi connectivity index (χ3n) is 0. The van der Waals surface area contributed by atoms with Gasteiger partial charge < -0.3 is 9.11 Å². The lowest BCUT2D eigenvalue weighted by Crippen LogP contribution is -1.89. The van der Waals surface area contributed by atoms with E-state index >= 15 is 0 Å². The van der Waals surface area contributed by atoms with Gasteiger partial charge in [0.15, 0.2) is 0 Å². The Bertz CT molecular complexity index is 90.1. The maximum Gasteiger partial charge on any atom is 0.0124 e. The summed E-state index contributed by atoms with van der Waals surface area (Å²) in [7, 11) is -3.92. The van der Waals surface area contributed by atoms with Crippen molar-refractivity contribution in [3.05, 3.63) is 0 Å². The SMILES string of the molecule is C=S(=O)([O-])O. The molecule has 4 heteroatoms. The summed E-state index contributed by atoms with van der Waals surface area (Å²) in [6.45, 7) is 0. The van der Waals surface area contributed by atoms with Gasteiger partial charge in [0.05, 0.1) is 0 Å². The lowest BCUT2D eigenvalue weighted by Gasteiger charge is -1.97. The first-order chi connectivity index (χ1) is 2.00. The molecule has 3 nitrogen and oxygen atoms in total.